The third kappa shape index (κ3) is 3.67. The van der Waals surface area contributed by atoms with E-state index in [1.807, 2.05) is 0 Å². The minimum atomic E-state index is -1.63. The maximum Gasteiger partial charge on any atom is 0.312 e. The van der Waals surface area contributed by atoms with Gasteiger partial charge in [-0.25, -0.2) is 0 Å². The zero-order valence-electron chi connectivity index (χ0n) is 14.3. The number of epoxide rings is 1. The minimum Gasteiger partial charge on any atom is -0.481 e. The van der Waals surface area contributed by atoms with Gasteiger partial charge in [0, 0.05) is 6.92 Å². The van der Waals surface area contributed by atoms with Gasteiger partial charge in [0.25, 0.3) is 0 Å². The third-order valence-electron chi connectivity index (χ3n) is 5.12. The molecule has 2 heterocycles. The van der Waals surface area contributed by atoms with Crippen molar-refractivity contribution >= 4 is 11.9 Å². The second-order valence-electron chi connectivity index (χ2n) is 6.94. The van der Waals surface area contributed by atoms with Gasteiger partial charge in [0.05, 0.1) is 6.61 Å². The molecule has 3 fully saturated rings. The Morgan fingerprint density at radius 3 is 2.22 bits per heavy atom. The van der Waals surface area contributed by atoms with Gasteiger partial charge >= 0.3 is 5.97 Å². The molecule has 0 aromatic heterocycles. The largest absolute Gasteiger partial charge is 0.481 e. The van der Waals surface area contributed by atoms with Crippen LogP contribution in [0, 0.1) is 5.92 Å². The van der Waals surface area contributed by atoms with Crippen LogP contribution in [-0.4, -0.2) is 110 Å². The molecule has 1 amide bonds. The number of carbonyl (C=O) groups excluding carboxylic acids is 1. The molecule has 0 spiro atoms. The molecule has 2 saturated heterocycles. The first-order valence-corrected chi connectivity index (χ1v) is 8.46. The van der Waals surface area contributed by atoms with Crippen LogP contribution in [0.2, 0.25) is 0 Å². The number of fused-ring (bicyclic) bond motifs is 1. The number of aliphatic carboxylic acids is 1. The van der Waals surface area contributed by atoms with Gasteiger partial charge in [0.1, 0.15) is 60.8 Å². The maximum atomic E-state index is 11.6. The standard InChI is InChI=1S/C15H23NO11/c1-3(18)16-6-8(20)7(19)4(2-17)25-15(6)27-11-5(14(23)24)12-13(26-12)10(22)9(11)21/h4-13,15,17,19-22H,2H2,1H3,(H,16,18)(H,23,24)/t4?,5?,6?,7-,8?,9?,10?,11-,12?,13+,15-/m1/s1. The molecule has 0 aromatic carbocycles. The second-order valence-corrected chi connectivity index (χ2v) is 6.94. The summed E-state index contributed by atoms with van der Waals surface area (Å²) in [5, 5.41) is 61.6. The van der Waals surface area contributed by atoms with E-state index in [2.05, 4.69) is 5.32 Å². The summed E-state index contributed by atoms with van der Waals surface area (Å²) < 4.78 is 16.0. The fraction of sp³-hybridized carbons (Fsp3) is 0.867. The Balaban J connectivity index is 1.84. The summed E-state index contributed by atoms with van der Waals surface area (Å²) in [6.07, 6.45) is -12.1. The molecule has 0 aromatic rings. The monoisotopic (exact) mass is 393 g/mol. The Morgan fingerprint density at radius 1 is 1.00 bits per heavy atom. The minimum absolute atomic E-state index is 0.587. The van der Waals surface area contributed by atoms with E-state index in [0.717, 1.165) is 6.92 Å². The predicted octanol–water partition coefficient (Wildman–Crippen LogP) is -4.48. The number of hydrogen-bond donors (Lipinski definition) is 7. The first kappa shape index (κ1) is 20.4. The zero-order valence-corrected chi connectivity index (χ0v) is 14.3. The number of nitrogens with one attached hydrogen (secondary N) is 1. The summed E-state index contributed by atoms with van der Waals surface area (Å²) >= 11 is 0. The first-order valence-electron chi connectivity index (χ1n) is 8.46. The van der Waals surface area contributed by atoms with Gasteiger partial charge in [-0.1, -0.05) is 0 Å². The van der Waals surface area contributed by atoms with Crippen LogP contribution >= 0.6 is 0 Å². The summed E-state index contributed by atoms with van der Waals surface area (Å²) in [7, 11) is 0. The molecule has 7 unspecified atom stereocenters. The van der Waals surface area contributed by atoms with E-state index >= 15 is 0 Å². The lowest BCUT2D eigenvalue weighted by atomic mass is 9.82. The number of ether oxygens (including phenoxy) is 3. The second kappa shape index (κ2) is 7.56. The SMILES string of the molecule is CC(=O)NC1C(O)[C@H](O)C(CO)O[C@@H]1O[C@H]1C(O)C(O)[C@@H]2OC2C1C(=O)O. The van der Waals surface area contributed by atoms with Crippen LogP contribution < -0.4 is 5.32 Å². The van der Waals surface area contributed by atoms with Gasteiger partial charge in [-0.15, -0.1) is 0 Å². The molecule has 1 saturated carbocycles. The summed E-state index contributed by atoms with van der Waals surface area (Å²) in [5.74, 6) is -3.24. The fourth-order valence-electron chi connectivity index (χ4n) is 3.68. The lowest BCUT2D eigenvalue weighted by molar-refractivity contribution is -0.299. The van der Waals surface area contributed by atoms with E-state index in [-0.39, 0.29) is 0 Å². The van der Waals surface area contributed by atoms with Crippen LogP contribution in [0.4, 0.5) is 0 Å². The topological polar surface area (TPSA) is 199 Å². The molecule has 154 valence electrons. The number of aliphatic hydroxyl groups excluding tert-OH is 5. The van der Waals surface area contributed by atoms with E-state index in [0.29, 0.717) is 0 Å². The smallest absolute Gasteiger partial charge is 0.312 e. The molecule has 7 N–H and O–H groups in total. The summed E-state index contributed by atoms with van der Waals surface area (Å²) in [4.78, 5) is 23.0. The molecule has 12 heteroatoms. The van der Waals surface area contributed by atoms with E-state index in [4.69, 9.17) is 14.2 Å². The highest BCUT2D eigenvalue weighted by atomic mass is 16.7. The van der Waals surface area contributed by atoms with Crippen molar-refractivity contribution in [3.8, 4) is 0 Å². The Morgan fingerprint density at radius 2 is 1.67 bits per heavy atom. The predicted molar refractivity (Wildman–Crippen MR) is 82.0 cm³/mol. The Labute approximate surface area is 153 Å². The molecule has 27 heavy (non-hydrogen) atoms. The number of carboxylic acid groups (broad SMARTS) is 1. The van der Waals surface area contributed by atoms with Crippen molar-refractivity contribution in [2.45, 2.75) is 68.1 Å². The molecule has 0 bridgehead atoms. The zero-order chi connectivity index (χ0) is 20.0. The number of aliphatic hydroxyl groups is 5. The number of carboxylic acids is 1. The third-order valence-corrected chi connectivity index (χ3v) is 5.12. The van der Waals surface area contributed by atoms with Gasteiger partial charge < -0.3 is 50.2 Å². The summed E-state index contributed by atoms with van der Waals surface area (Å²) in [5.41, 5.74) is 0. The average molecular weight is 393 g/mol. The van der Waals surface area contributed by atoms with Crippen molar-refractivity contribution in [1.29, 1.82) is 0 Å². The average Bonchev–Trinajstić information content (AvgIpc) is 3.38. The van der Waals surface area contributed by atoms with Gasteiger partial charge in [-0.3, -0.25) is 9.59 Å². The number of carbonyl (C=O) groups is 2. The van der Waals surface area contributed by atoms with E-state index in [9.17, 15) is 40.2 Å². The maximum absolute atomic E-state index is 11.6. The molecule has 3 rings (SSSR count). The van der Waals surface area contributed by atoms with Gasteiger partial charge in [0.15, 0.2) is 6.29 Å². The molecule has 2 aliphatic heterocycles. The molecule has 1 aliphatic carbocycles. The Bertz CT molecular complexity index is 588. The van der Waals surface area contributed by atoms with Crippen molar-refractivity contribution in [3.05, 3.63) is 0 Å². The first-order chi connectivity index (χ1) is 12.7. The molecule has 3 aliphatic rings. The van der Waals surface area contributed by atoms with Crippen LogP contribution in [0.5, 0.6) is 0 Å². The highest BCUT2D eigenvalue weighted by Crippen LogP contribution is 2.43. The van der Waals surface area contributed by atoms with Crippen molar-refractivity contribution in [3.63, 3.8) is 0 Å². The van der Waals surface area contributed by atoms with E-state index in [1.54, 1.807) is 0 Å². The van der Waals surface area contributed by atoms with Gasteiger partial charge in [-0.2, -0.15) is 0 Å². The van der Waals surface area contributed by atoms with Crippen LogP contribution in [0.25, 0.3) is 0 Å². The Kier molecular flexibility index (Phi) is 5.70. The lowest BCUT2D eigenvalue weighted by Crippen LogP contribution is -2.66. The van der Waals surface area contributed by atoms with Crippen LogP contribution in [0.3, 0.4) is 0 Å². The van der Waals surface area contributed by atoms with E-state index in [1.165, 1.54) is 0 Å². The summed E-state index contributed by atoms with van der Waals surface area (Å²) in [6.45, 7) is 0.465. The van der Waals surface area contributed by atoms with Gasteiger partial charge in [0.2, 0.25) is 5.91 Å². The normalized spacial score (nSPS) is 49.2. The van der Waals surface area contributed by atoms with Crippen molar-refractivity contribution in [2.24, 2.45) is 5.92 Å². The van der Waals surface area contributed by atoms with Crippen molar-refractivity contribution < 1.29 is 54.4 Å². The highest BCUT2D eigenvalue weighted by molar-refractivity contribution is 5.73. The quantitative estimate of drug-likeness (QED) is 0.222. The molecule has 12 nitrogen and oxygen atoms in total. The van der Waals surface area contributed by atoms with Crippen LogP contribution in [0.1, 0.15) is 6.92 Å². The molecule has 11 atom stereocenters. The number of amides is 1. The summed E-state index contributed by atoms with van der Waals surface area (Å²) in [6, 6.07) is -1.31. The fourth-order valence-corrected chi connectivity index (χ4v) is 3.68. The highest BCUT2D eigenvalue weighted by Gasteiger charge is 2.64. The number of rotatable bonds is 5. The molecular formula is C15H23NO11. The van der Waals surface area contributed by atoms with Crippen LogP contribution in [0.15, 0.2) is 0 Å². The Hall–Kier alpha value is -1.38. The number of hydrogen-bond acceptors (Lipinski definition) is 10. The van der Waals surface area contributed by atoms with Gasteiger partial charge in [-0.05, 0) is 0 Å². The molecule has 0 radical (unpaired) electrons. The van der Waals surface area contributed by atoms with Crippen molar-refractivity contribution in [1.82, 2.24) is 5.32 Å². The molecular weight excluding hydrogens is 370 g/mol. The van der Waals surface area contributed by atoms with Crippen molar-refractivity contribution in [2.75, 3.05) is 6.61 Å². The van der Waals surface area contributed by atoms with E-state index < -0.39 is 85.6 Å². The lowest BCUT2D eigenvalue weighted by Gasteiger charge is -2.45. The van der Waals surface area contributed by atoms with Crippen LogP contribution in [-0.2, 0) is 23.8 Å².